The van der Waals surface area contributed by atoms with E-state index >= 15 is 0 Å². The van der Waals surface area contributed by atoms with Crippen molar-refractivity contribution in [3.05, 3.63) is 30.0 Å². The highest BCUT2D eigenvalue weighted by molar-refractivity contribution is 7.26. The molecular formula is C12H9NO2S. The van der Waals surface area contributed by atoms with Crippen molar-refractivity contribution in [1.29, 1.82) is 0 Å². The monoisotopic (exact) mass is 231 g/mol. The topological polar surface area (TPSA) is 42.2 Å². The molecule has 0 unspecified atom stereocenters. The highest BCUT2D eigenvalue weighted by Gasteiger charge is 2.13. The van der Waals surface area contributed by atoms with Gasteiger partial charge in [-0.05, 0) is 12.1 Å². The van der Waals surface area contributed by atoms with Gasteiger partial charge in [-0.2, -0.15) is 0 Å². The van der Waals surface area contributed by atoms with Crippen LogP contribution in [-0.2, 0) is 7.05 Å². The predicted octanol–water partition coefficient (Wildman–Crippen LogP) is 2.91. The van der Waals surface area contributed by atoms with Gasteiger partial charge in [-0.25, -0.2) is 0 Å². The molecule has 2 heterocycles. The van der Waals surface area contributed by atoms with Gasteiger partial charge in [0.1, 0.15) is 5.75 Å². The predicted molar refractivity (Wildman–Crippen MR) is 65.4 cm³/mol. The van der Waals surface area contributed by atoms with Crippen molar-refractivity contribution in [3.63, 3.8) is 0 Å². The number of phenolic OH excluding ortho intramolecular Hbond substituents is 1. The summed E-state index contributed by atoms with van der Waals surface area (Å²) in [6.45, 7) is 0. The highest BCUT2D eigenvalue weighted by Crippen LogP contribution is 2.39. The fourth-order valence-electron chi connectivity index (χ4n) is 2.03. The molecule has 0 spiro atoms. The molecule has 0 fully saturated rings. The Labute approximate surface area is 95.5 Å². The molecule has 0 aliphatic carbocycles. The van der Waals surface area contributed by atoms with Crippen LogP contribution in [0.15, 0.2) is 24.3 Å². The molecule has 80 valence electrons. The van der Waals surface area contributed by atoms with Crippen LogP contribution in [0.3, 0.4) is 0 Å². The summed E-state index contributed by atoms with van der Waals surface area (Å²) >= 11 is 1.51. The quantitative estimate of drug-likeness (QED) is 0.654. The molecule has 4 heteroatoms. The molecular weight excluding hydrogens is 222 g/mol. The number of hydrogen-bond acceptors (Lipinski definition) is 3. The van der Waals surface area contributed by atoms with Crippen LogP contribution in [0.25, 0.3) is 20.3 Å². The van der Waals surface area contributed by atoms with Crippen LogP contribution in [0.2, 0.25) is 0 Å². The summed E-state index contributed by atoms with van der Waals surface area (Å²) in [7, 11) is 1.86. The van der Waals surface area contributed by atoms with E-state index < -0.39 is 0 Å². The molecule has 0 bridgehead atoms. The molecule has 0 saturated carbocycles. The second kappa shape index (κ2) is 3.09. The molecule has 0 atom stereocenters. The molecule has 1 aromatic carbocycles. The summed E-state index contributed by atoms with van der Waals surface area (Å²) in [5, 5.41) is 10.7. The van der Waals surface area contributed by atoms with Crippen LogP contribution in [0, 0.1) is 0 Å². The van der Waals surface area contributed by atoms with Crippen molar-refractivity contribution >= 4 is 37.9 Å². The van der Waals surface area contributed by atoms with Gasteiger partial charge in [0.05, 0.1) is 20.6 Å². The largest absolute Gasteiger partial charge is 0.506 e. The van der Waals surface area contributed by atoms with E-state index in [0.29, 0.717) is 11.4 Å². The molecule has 0 saturated heterocycles. The third-order valence-corrected chi connectivity index (χ3v) is 3.98. The van der Waals surface area contributed by atoms with Crippen molar-refractivity contribution in [2.45, 2.75) is 0 Å². The van der Waals surface area contributed by atoms with E-state index in [1.807, 2.05) is 29.8 Å². The van der Waals surface area contributed by atoms with Gasteiger partial charge in [-0.1, -0.05) is 12.1 Å². The zero-order valence-electron chi connectivity index (χ0n) is 8.60. The number of benzene rings is 1. The second-order valence-electron chi connectivity index (χ2n) is 3.71. The summed E-state index contributed by atoms with van der Waals surface area (Å²) in [6, 6.07) is 7.31. The highest BCUT2D eigenvalue weighted by atomic mass is 32.1. The number of aryl methyl sites for hydroxylation is 1. The number of rotatable bonds is 1. The van der Waals surface area contributed by atoms with Gasteiger partial charge in [0.15, 0.2) is 6.29 Å². The lowest BCUT2D eigenvalue weighted by Crippen LogP contribution is -1.93. The number of aromatic hydroxyl groups is 1. The van der Waals surface area contributed by atoms with E-state index in [1.165, 1.54) is 11.3 Å². The molecule has 3 aromatic rings. The summed E-state index contributed by atoms with van der Waals surface area (Å²) in [4.78, 5) is 10.8. The van der Waals surface area contributed by atoms with E-state index in [4.69, 9.17) is 0 Å². The number of phenols is 1. The van der Waals surface area contributed by atoms with Gasteiger partial charge in [0.2, 0.25) is 0 Å². The van der Waals surface area contributed by atoms with Crippen LogP contribution in [0.4, 0.5) is 0 Å². The number of nitrogens with zero attached hydrogens (tertiary/aromatic N) is 1. The normalized spacial score (nSPS) is 11.3. The first-order valence-electron chi connectivity index (χ1n) is 4.87. The summed E-state index contributed by atoms with van der Waals surface area (Å²) in [5.41, 5.74) is 1.67. The van der Waals surface area contributed by atoms with Crippen LogP contribution in [0.1, 0.15) is 10.5 Å². The van der Waals surface area contributed by atoms with Gasteiger partial charge in [-0.3, -0.25) is 4.79 Å². The minimum Gasteiger partial charge on any atom is -0.506 e. The SMILES string of the molecule is Cn1c(C=O)cc2sc3c(O)cccc3c21. The maximum Gasteiger partial charge on any atom is 0.166 e. The number of carbonyl (C=O) groups excluding carboxylic acids is 1. The van der Waals surface area contributed by atoms with Crippen LogP contribution >= 0.6 is 11.3 Å². The number of fused-ring (bicyclic) bond motifs is 3. The Hall–Kier alpha value is -1.81. The summed E-state index contributed by atoms with van der Waals surface area (Å²) in [6.07, 6.45) is 0.849. The third kappa shape index (κ3) is 1.05. The van der Waals surface area contributed by atoms with Crippen LogP contribution < -0.4 is 0 Å². The molecule has 1 N–H and O–H groups in total. The Morgan fingerprint density at radius 1 is 1.44 bits per heavy atom. The van der Waals surface area contributed by atoms with Gasteiger partial charge in [0, 0.05) is 12.4 Å². The van der Waals surface area contributed by atoms with E-state index in [9.17, 15) is 9.90 Å². The first-order valence-corrected chi connectivity index (χ1v) is 5.69. The lowest BCUT2D eigenvalue weighted by atomic mass is 10.2. The Kier molecular flexibility index (Phi) is 1.82. The Morgan fingerprint density at radius 2 is 2.25 bits per heavy atom. The maximum atomic E-state index is 10.8. The minimum atomic E-state index is 0.298. The number of carbonyl (C=O) groups is 1. The van der Waals surface area contributed by atoms with Gasteiger partial charge >= 0.3 is 0 Å². The van der Waals surface area contributed by atoms with Crippen LogP contribution in [0.5, 0.6) is 5.75 Å². The smallest absolute Gasteiger partial charge is 0.166 e. The van der Waals surface area contributed by atoms with Crippen LogP contribution in [-0.4, -0.2) is 16.0 Å². The van der Waals surface area contributed by atoms with E-state index in [-0.39, 0.29) is 0 Å². The Bertz CT molecular complexity index is 709. The van der Waals surface area contributed by atoms with Crippen molar-refractivity contribution < 1.29 is 9.90 Å². The Morgan fingerprint density at radius 3 is 3.00 bits per heavy atom. The van der Waals surface area contributed by atoms with Crippen molar-refractivity contribution in [2.24, 2.45) is 7.05 Å². The van der Waals surface area contributed by atoms with Gasteiger partial charge < -0.3 is 9.67 Å². The van der Waals surface area contributed by atoms with Gasteiger partial charge in [-0.15, -0.1) is 11.3 Å². The first-order chi connectivity index (χ1) is 7.72. The minimum absolute atomic E-state index is 0.298. The van der Waals surface area contributed by atoms with Crippen molar-refractivity contribution in [2.75, 3.05) is 0 Å². The van der Waals surface area contributed by atoms with E-state index in [2.05, 4.69) is 0 Å². The zero-order valence-corrected chi connectivity index (χ0v) is 9.41. The second-order valence-corrected chi connectivity index (χ2v) is 4.77. The fraction of sp³-hybridized carbons (Fsp3) is 0.0833. The number of aromatic nitrogens is 1. The average Bonchev–Trinajstić information content (AvgIpc) is 2.77. The van der Waals surface area contributed by atoms with E-state index in [1.54, 1.807) is 6.07 Å². The number of hydrogen-bond donors (Lipinski definition) is 1. The van der Waals surface area contributed by atoms with Crippen molar-refractivity contribution in [3.8, 4) is 5.75 Å². The lowest BCUT2D eigenvalue weighted by molar-refractivity contribution is 0.111. The maximum absolute atomic E-state index is 10.8. The summed E-state index contributed by atoms with van der Waals surface area (Å²) < 4.78 is 3.77. The molecule has 3 rings (SSSR count). The average molecular weight is 231 g/mol. The lowest BCUT2D eigenvalue weighted by Gasteiger charge is -1.98. The molecule has 16 heavy (non-hydrogen) atoms. The molecule has 0 aliphatic heterocycles. The number of aldehydes is 1. The zero-order chi connectivity index (χ0) is 11.3. The summed E-state index contributed by atoms with van der Waals surface area (Å²) in [5.74, 6) is 0.298. The van der Waals surface area contributed by atoms with Gasteiger partial charge in [0.25, 0.3) is 0 Å². The molecule has 0 aliphatic rings. The molecule has 3 nitrogen and oxygen atoms in total. The molecule has 2 aromatic heterocycles. The standard InChI is InChI=1S/C12H9NO2S/c1-13-7(6-14)5-10-11(13)8-3-2-4-9(15)12(8)16-10/h2-6,15H,1H3. The number of thiophene rings is 1. The first kappa shape index (κ1) is 9.42. The van der Waals surface area contributed by atoms with Crippen molar-refractivity contribution in [1.82, 2.24) is 4.57 Å². The molecule has 0 amide bonds. The molecule has 0 radical (unpaired) electrons. The fourth-order valence-corrected chi connectivity index (χ4v) is 3.22. The van der Waals surface area contributed by atoms with E-state index in [0.717, 1.165) is 26.6 Å². The third-order valence-electron chi connectivity index (χ3n) is 2.82. The Balaban J connectivity index is 2.56.